The molecule has 0 unspecified atom stereocenters. The van der Waals surface area contributed by atoms with Crippen molar-refractivity contribution in [1.82, 2.24) is 4.98 Å². The van der Waals surface area contributed by atoms with Crippen LogP contribution in [0.25, 0.3) is 11.1 Å². The Morgan fingerprint density at radius 1 is 1.00 bits per heavy atom. The third kappa shape index (κ3) is 3.15. The van der Waals surface area contributed by atoms with Gasteiger partial charge in [0.2, 0.25) is 5.88 Å². The summed E-state index contributed by atoms with van der Waals surface area (Å²) in [5.41, 5.74) is 0.703. The van der Waals surface area contributed by atoms with Crippen molar-refractivity contribution in [2.45, 2.75) is 6.36 Å². The highest BCUT2D eigenvalue weighted by molar-refractivity contribution is 5.74. The van der Waals surface area contributed by atoms with Crippen molar-refractivity contribution in [3.8, 4) is 22.8 Å². The average molecular weight is 269 g/mol. The summed E-state index contributed by atoms with van der Waals surface area (Å²) in [7, 11) is 1.40. The van der Waals surface area contributed by atoms with Crippen LogP contribution in [0, 0.1) is 0 Å². The first-order valence-corrected chi connectivity index (χ1v) is 5.35. The largest absolute Gasteiger partial charge is 0.573 e. The van der Waals surface area contributed by atoms with Gasteiger partial charge in [0.15, 0.2) is 0 Å². The zero-order valence-electron chi connectivity index (χ0n) is 9.94. The first kappa shape index (κ1) is 13.2. The van der Waals surface area contributed by atoms with Gasteiger partial charge < -0.3 is 9.47 Å². The SMILES string of the molecule is COc1ncccc1-c1ccccc1OC(F)(F)F. The summed E-state index contributed by atoms with van der Waals surface area (Å²) in [6, 6.07) is 9.07. The van der Waals surface area contributed by atoms with E-state index in [1.165, 1.54) is 31.5 Å². The molecule has 0 amide bonds. The van der Waals surface area contributed by atoms with Crippen molar-refractivity contribution in [3.63, 3.8) is 0 Å². The predicted molar refractivity (Wildman–Crippen MR) is 62.9 cm³/mol. The number of alkyl halides is 3. The van der Waals surface area contributed by atoms with E-state index in [0.29, 0.717) is 5.56 Å². The summed E-state index contributed by atoms with van der Waals surface area (Å²) in [5.74, 6) is -0.0537. The molecule has 2 rings (SSSR count). The molecular formula is C13H10F3NO2. The van der Waals surface area contributed by atoms with Crippen LogP contribution in [0.5, 0.6) is 11.6 Å². The van der Waals surface area contributed by atoms with Crippen molar-refractivity contribution in [3.05, 3.63) is 42.6 Å². The molecule has 0 bridgehead atoms. The number of pyridine rings is 1. The first-order chi connectivity index (χ1) is 9.01. The second kappa shape index (κ2) is 5.17. The zero-order chi connectivity index (χ0) is 13.9. The highest BCUT2D eigenvalue weighted by Crippen LogP contribution is 2.37. The molecule has 0 fully saturated rings. The molecule has 0 aliphatic heterocycles. The molecule has 1 heterocycles. The van der Waals surface area contributed by atoms with E-state index in [4.69, 9.17) is 4.74 Å². The number of rotatable bonds is 3. The lowest BCUT2D eigenvalue weighted by Crippen LogP contribution is -2.17. The molecule has 1 aromatic heterocycles. The molecule has 0 atom stereocenters. The molecule has 0 spiro atoms. The second-order valence-electron chi connectivity index (χ2n) is 3.60. The zero-order valence-corrected chi connectivity index (χ0v) is 9.94. The maximum atomic E-state index is 12.4. The summed E-state index contributed by atoms with van der Waals surface area (Å²) in [6.07, 6.45) is -3.25. The van der Waals surface area contributed by atoms with E-state index in [1.54, 1.807) is 18.2 Å². The van der Waals surface area contributed by atoms with Crippen LogP contribution in [-0.2, 0) is 0 Å². The van der Waals surface area contributed by atoms with Gasteiger partial charge in [-0.25, -0.2) is 4.98 Å². The third-order valence-corrected chi connectivity index (χ3v) is 2.37. The van der Waals surface area contributed by atoms with Crippen molar-refractivity contribution in [1.29, 1.82) is 0 Å². The van der Waals surface area contributed by atoms with Gasteiger partial charge in [0, 0.05) is 17.3 Å². The second-order valence-corrected chi connectivity index (χ2v) is 3.60. The van der Waals surface area contributed by atoms with Crippen molar-refractivity contribution in [2.24, 2.45) is 0 Å². The molecule has 3 nitrogen and oxygen atoms in total. The lowest BCUT2D eigenvalue weighted by molar-refractivity contribution is -0.274. The number of ether oxygens (including phenoxy) is 2. The number of benzene rings is 1. The van der Waals surface area contributed by atoms with Crippen LogP contribution in [0.2, 0.25) is 0 Å². The Labute approximate surface area is 107 Å². The van der Waals surface area contributed by atoms with E-state index < -0.39 is 6.36 Å². The van der Waals surface area contributed by atoms with E-state index >= 15 is 0 Å². The van der Waals surface area contributed by atoms with Crippen LogP contribution in [0.3, 0.4) is 0 Å². The molecule has 0 radical (unpaired) electrons. The molecule has 0 aliphatic rings. The number of methoxy groups -OCH3 is 1. The van der Waals surface area contributed by atoms with E-state index in [0.717, 1.165) is 0 Å². The van der Waals surface area contributed by atoms with Gasteiger partial charge in [-0.15, -0.1) is 13.2 Å². The van der Waals surface area contributed by atoms with Gasteiger partial charge in [-0.05, 0) is 18.2 Å². The third-order valence-electron chi connectivity index (χ3n) is 2.37. The van der Waals surface area contributed by atoms with Gasteiger partial charge in [-0.3, -0.25) is 0 Å². The van der Waals surface area contributed by atoms with Crippen molar-refractivity contribution < 1.29 is 22.6 Å². The molecule has 0 aliphatic carbocycles. The van der Waals surface area contributed by atoms with Gasteiger partial charge in [0.25, 0.3) is 0 Å². The summed E-state index contributed by atoms with van der Waals surface area (Å²) in [6.45, 7) is 0. The molecule has 0 N–H and O–H groups in total. The van der Waals surface area contributed by atoms with Crippen LogP contribution in [0.15, 0.2) is 42.6 Å². The Morgan fingerprint density at radius 2 is 1.68 bits per heavy atom. The van der Waals surface area contributed by atoms with E-state index in [2.05, 4.69) is 9.72 Å². The summed E-state index contributed by atoms with van der Waals surface area (Å²) < 4.78 is 46.1. The van der Waals surface area contributed by atoms with Crippen LogP contribution >= 0.6 is 0 Å². The molecule has 1 aromatic carbocycles. The standard InChI is InChI=1S/C13H10F3NO2/c1-18-12-10(6-4-8-17-12)9-5-2-3-7-11(9)19-13(14,15)16/h2-8H,1H3. The smallest absolute Gasteiger partial charge is 0.481 e. The van der Waals surface area contributed by atoms with Crippen molar-refractivity contribution >= 4 is 0 Å². The minimum atomic E-state index is -4.74. The van der Waals surface area contributed by atoms with E-state index in [9.17, 15) is 13.2 Å². The average Bonchev–Trinajstić information content (AvgIpc) is 2.37. The number of hydrogen-bond acceptors (Lipinski definition) is 3. The topological polar surface area (TPSA) is 31.4 Å². The predicted octanol–water partition coefficient (Wildman–Crippen LogP) is 3.66. The first-order valence-electron chi connectivity index (χ1n) is 5.35. The maximum absolute atomic E-state index is 12.4. The maximum Gasteiger partial charge on any atom is 0.573 e. The van der Waals surface area contributed by atoms with Gasteiger partial charge in [-0.2, -0.15) is 0 Å². The molecule has 6 heteroatoms. The summed E-state index contributed by atoms with van der Waals surface area (Å²) in [4.78, 5) is 3.95. The normalized spacial score (nSPS) is 11.2. The molecule has 2 aromatic rings. The van der Waals surface area contributed by atoms with Crippen LogP contribution in [0.4, 0.5) is 13.2 Å². The minimum Gasteiger partial charge on any atom is -0.481 e. The number of para-hydroxylation sites is 1. The highest BCUT2D eigenvalue weighted by atomic mass is 19.4. The lowest BCUT2D eigenvalue weighted by Gasteiger charge is -2.14. The number of nitrogens with zero attached hydrogens (tertiary/aromatic N) is 1. The van der Waals surface area contributed by atoms with Gasteiger partial charge in [0.1, 0.15) is 5.75 Å². The Morgan fingerprint density at radius 3 is 2.37 bits per heavy atom. The molecular weight excluding hydrogens is 259 g/mol. The molecule has 0 saturated carbocycles. The summed E-state index contributed by atoms with van der Waals surface area (Å²) >= 11 is 0. The lowest BCUT2D eigenvalue weighted by atomic mass is 10.1. The van der Waals surface area contributed by atoms with Gasteiger partial charge in [-0.1, -0.05) is 18.2 Å². The van der Waals surface area contributed by atoms with Crippen molar-refractivity contribution in [2.75, 3.05) is 7.11 Å². The fraction of sp³-hybridized carbons (Fsp3) is 0.154. The van der Waals surface area contributed by atoms with Crippen LogP contribution < -0.4 is 9.47 Å². The highest BCUT2D eigenvalue weighted by Gasteiger charge is 2.32. The van der Waals surface area contributed by atoms with E-state index in [1.807, 2.05) is 0 Å². The van der Waals surface area contributed by atoms with Crippen LogP contribution in [0.1, 0.15) is 0 Å². The Hall–Kier alpha value is -2.24. The van der Waals surface area contributed by atoms with Gasteiger partial charge in [0.05, 0.1) is 7.11 Å². The Kier molecular flexibility index (Phi) is 3.59. The quantitative estimate of drug-likeness (QED) is 0.852. The number of aromatic nitrogens is 1. The number of hydrogen-bond donors (Lipinski definition) is 0. The molecule has 19 heavy (non-hydrogen) atoms. The fourth-order valence-electron chi connectivity index (χ4n) is 1.66. The minimum absolute atomic E-state index is 0.237. The van der Waals surface area contributed by atoms with Gasteiger partial charge >= 0.3 is 6.36 Å². The summed E-state index contributed by atoms with van der Waals surface area (Å²) in [5, 5.41) is 0. The van der Waals surface area contributed by atoms with E-state index in [-0.39, 0.29) is 17.2 Å². The molecule has 0 saturated heterocycles. The Balaban J connectivity index is 2.50. The number of halogens is 3. The fourth-order valence-corrected chi connectivity index (χ4v) is 1.66. The monoisotopic (exact) mass is 269 g/mol. The molecule has 100 valence electrons. The Bertz CT molecular complexity index is 570. The van der Waals surface area contributed by atoms with Crippen LogP contribution in [-0.4, -0.2) is 18.5 Å².